The van der Waals surface area contributed by atoms with Crippen molar-refractivity contribution in [2.24, 2.45) is 5.41 Å². The van der Waals surface area contributed by atoms with Crippen molar-refractivity contribution in [1.82, 2.24) is 20.2 Å². The minimum atomic E-state index is 0.273. The zero-order valence-corrected chi connectivity index (χ0v) is 11.4. The summed E-state index contributed by atoms with van der Waals surface area (Å²) in [6.07, 6.45) is 6.60. The van der Waals surface area contributed by atoms with Gasteiger partial charge in [-0.3, -0.25) is 5.10 Å². The van der Waals surface area contributed by atoms with E-state index in [-0.39, 0.29) is 5.95 Å². The first-order valence-corrected chi connectivity index (χ1v) is 6.77. The number of nitrogens with two attached hydrogens (primary N) is 1. The molecule has 0 amide bonds. The highest BCUT2D eigenvalue weighted by Gasteiger charge is 2.28. The predicted molar refractivity (Wildman–Crippen MR) is 75.8 cm³/mol. The van der Waals surface area contributed by atoms with Gasteiger partial charge in [-0.1, -0.05) is 20.3 Å². The smallest absolute Gasteiger partial charge is 0.224 e. The van der Waals surface area contributed by atoms with Crippen LogP contribution in [0.4, 0.5) is 11.8 Å². The van der Waals surface area contributed by atoms with E-state index in [1.807, 2.05) is 0 Å². The minimum absolute atomic E-state index is 0.273. The van der Waals surface area contributed by atoms with Crippen LogP contribution in [0.5, 0.6) is 0 Å². The highest BCUT2D eigenvalue weighted by molar-refractivity contribution is 5.86. The zero-order valence-electron chi connectivity index (χ0n) is 11.4. The number of hydrogen-bond acceptors (Lipinski definition) is 5. The molecule has 0 spiro atoms. The van der Waals surface area contributed by atoms with Crippen molar-refractivity contribution in [3.05, 3.63) is 6.20 Å². The molecule has 102 valence electrons. The Kier molecular flexibility index (Phi) is 2.80. The van der Waals surface area contributed by atoms with Gasteiger partial charge in [-0.05, 0) is 24.7 Å². The van der Waals surface area contributed by atoms with E-state index >= 15 is 0 Å². The number of hydrogen-bond donors (Lipinski definition) is 3. The predicted octanol–water partition coefficient (Wildman–Crippen LogP) is 2.32. The van der Waals surface area contributed by atoms with Gasteiger partial charge in [0.2, 0.25) is 5.95 Å². The van der Waals surface area contributed by atoms with Crippen LogP contribution >= 0.6 is 0 Å². The molecule has 4 N–H and O–H groups in total. The molecule has 1 aliphatic carbocycles. The lowest BCUT2D eigenvalue weighted by Gasteiger charge is -2.35. The molecule has 1 unspecified atom stereocenters. The van der Waals surface area contributed by atoms with Crippen LogP contribution < -0.4 is 11.1 Å². The third kappa shape index (κ3) is 2.47. The van der Waals surface area contributed by atoms with Gasteiger partial charge in [0.15, 0.2) is 5.65 Å². The molecule has 0 saturated heterocycles. The fourth-order valence-electron chi connectivity index (χ4n) is 2.98. The Morgan fingerprint density at radius 3 is 3.05 bits per heavy atom. The van der Waals surface area contributed by atoms with Crippen molar-refractivity contribution in [3.8, 4) is 0 Å². The average molecular weight is 260 g/mol. The van der Waals surface area contributed by atoms with Crippen LogP contribution in [0, 0.1) is 5.41 Å². The Hall–Kier alpha value is -1.85. The molecule has 1 atom stereocenters. The summed E-state index contributed by atoms with van der Waals surface area (Å²) in [6.45, 7) is 4.64. The summed E-state index contributed by atoms with van der Waals surface area (Å²) in [5, 5.41) is 11.3. The quantitative estimate of drug-likeness (QED) is 0.770. The molecule has 3 rings (SSSR count). The van der Waals surface area contributed by atoms with E-state index in [9.17, 15) is 0 Å². The summed E-state index contributed by atoms with van der Waals surface area (Å²) in [7, 11) is 0. The Labute approximate surface area is 112 Å². The molecule has 0 radical (unpaired) electrons. The van der Waals surface area contributed by atoms with Crippen LogP contribution in [0.15, 0.2) is 6.20 Å². The highest BCUT2D eigenvalue weighted by atomic mass is 15.2. The van der Waals surface area contributed by atoms with Gasteiger partial charge in [-0.15, -0.1) is 0 Å². The lowest BCUT2D eigenvalue weighted by Crippen LogP contribution is -2.32. The molecule has 1 saturated carbocycles. The van der Waals surface area contributed by atoms with Crippen LogP contribution in [-0.4, -0.2) is 26.2 Å². The van der Waals surface area contributed by atoms with E-state index in [0.717, 1.165) is 17.6 Å². The minimum Gasteiger partial charge on any atom is -0.368 e. The number of rotatable bonds is 2. The standard InChI is InChI=1S/C13H20N6/c1-13(2)5-3-4-8(6-13)16-10-9-7-15-19-11(9)18-12(14)17-10/h7-8H,3-6H2,1-2H3,(H4,14,15,16,17,18,19). The van der Waals surface area contributed by atoms with Crippen molar-refractivity contribution in [2.75, 3.05) is 11.1 Å². The van der Waals surface area contributed by atoms with Crippen molar-refractivity contribution in [3.63, 3.8) is 0 Å². The van der Waals surface area contributed by atoms with Crippen LogP contribution in [-0.2, 0) is 0 Å². The third-order valence-corrected chi connectivity index (χ3v) is 3.87. The Morgan fingerprint density at radius 1 is 1.42 bits per heavy atom. The second kappa shape index (κ2) is 4.36. The Bertz CT molecular complexity index is 588. The SMILES string of the molecule is CC1(C)CCCC(Nc2nc(N)nc3[nH]ncc23)C1. The van der Waals surface area contributed by atoms with Crippen molar-refractivity contribution in [1.29, 1.82) is 0 Å². The van der Waals surface area contributed by atoms with Gasteiger partial charge >= 0.3 is 0 Å². The molecular formula is C13H20N6. The Morgan fingerprint density at radius 2 is 2.26 bits per heavy atom. The van der Waals surface area contributed by atoms with Gasteiger partial charge in [-0.2, -0.15) is 15.1 Å². The van der Waals surface area contributed by atoms with Crippen molar-refractivity contribution in [2.45, 2.75) is 45.6 Å². The van der Waals surface area contributed by atoms with Gasteiger partial charge in [0, 0.05) is 6.04 Å². The lowest BCUT2D eigenvalue weighted by atomic mass is 9.75. The summed E-state index contributed by atoms with van der Waals surface area (Å²) < 4.78 is 0. The van der Waals surface area contributed by atoms with Crippen molar-refractivity contribution >= 4 is 22.8 Å². The maximum atomic E-state index is 5.73. The molecular weight excluding hydrogens is 240 g/mol. The van der Waals surface area contributed by atoms with Gasteiger partial charge in [0.25, 0.3) is 0 Å². The third-order valence-electron chi connectivity index (χ3n) is 3.87. The molecule has 0 aliphatic heterocycles. The maximum absolute atomic E-state index is 5.73. The number of aromatic amines is 1. The molecule has 2 heterocycles. The van der Waals surface area contributed by atoms with E-state index in [4.69, 9.17) is 5.73 Å². The largest absolute Gasteiger partial charge is 0.368 e. The summed E-state index contributed by atoms with van der Waals surface area (Å²) in [5.41, 5.74) is 6.81. The van der Waals surface area contributed by atoms with E-state index in [0.29, 0.717) is 17.1 Å². The van der Waals surface area contributed by atoms with Gasteiger partial charge in [-0.25, -0.2) is 0 Å². The molecule has 6 heteroatoms. The number of nitrogen functional groups attached to an aromatic ring is 1. The molecule has 2 aromatic rings. The van der Waals surface area contributed by atoms with Crippen LogP contribution in [0.25, 0.3) is 11.0 Å². The van der Waals surface area contributed by atoms with E-state index in [1.54, 1.807) is 6.20 Å². The van der Waals surface area contributed by atoms with Gasteiger partial charge in [0.05, 0.1) is 11.6 Å². The number of fused-ring (bicyclic) bond motifs is 1. The molecule has 19 heavy (non-hydrogen) atoms. The molecule has 1 fully saturated rings. The average Bonchev–Trinajstić information content (AvgIpc) is 2.75. The van der Waals surface area contributed by atoms with E-state index in [1.165, 1.54) is 19.3 Å². The highest BCUT2D eigenvalue weighted by Crippen LogP contribution is 2.36. The first kappa shape index (κ1) is 12.2. The second-order valence-electron chi connectivity index (χ2n) is 6.16. The number of aromatic nitrogens is 4. The molecule has 0 bridgehead atoms. The molecule has 6 nitrogen and oxygen atoms in total. The van der Waals surface area contributed by atoms with Crippen LogP contribution in [0.3, 0.4) is 0 Å². The number of H-pyrrole nitrogens is 1. The maximum Gasteiger partial charge on any atom is 0.224 e. The van der Waals surface area contributed by atoms with Crippen LogP contribution in [0.2, 0.25) is 0 Å². The summed E-state index contributed by atoms with van der Waals surface area (Å²) in [5.74, 6) is 1.06. The fraction of sp³-hybridized carbons (Fsp3) is 0.615. The summed E-state index contributed by atoms with van der Waals surface area (Å²) >= 11 is 0. The Balaban J connectivity index is 1.86. The van der Waals surface area contributed by atoms with Gasteiger partial charge < -0.3 is 11.1 Å². The summed E-state index contributed by atoms with van der Waals surface area (Å²) in [6, 6.07) is 0.441. The second-order valence-corrected chi connectivity index (χ2v) is 6.16. The van der Waals surface area contributed by atoms with E-state index in [2.05, 4.69) is 39.3 Å². The first-order chi connectivity index (χ1) is 9.03. The van der Waals surface area contributed by atoms with Crippen LogP contribution in [0.1, 0.15) is 39.5 Å². The lowest BCUT2D eigenvalue weighted by molar-refractivity contribution is 0.229. The molecule has 1 aliphatic rings. The first-order valence-electron chi connectivity index (χ1n) is 6.77. The van der Waals surface area contributed by atoms with Gasteiger partial charge in [0.1, 0.15) is 5.82 Å². The molecule has 0 aromatic carbocycles. The zero-order chi connectivity index (χ0) is 13.5. The van der Waals surface area contributed by atoms with Crippen molar-refractivity contribution < 1.29 is 0 Å². The fourth-order valence-corrected chi connectivity index (χ4v) is 2.98. The molecule has 2 aromatic heterocycles. The van der Waals surface area contributed by atoms with E-state index < -0.39 is 0 Å². The number of anilines is 2. The number of nitrogens with zero attached hydrogens (tertiary/aromatic N) is 3. The monoisotopic (exact) mass is 260 g/mol. The number of nitrogens with one attached hydrogen (secondary N) is 2. The summed E-state index contributed by atoms with van der Waals surface area (Å²) in [4.78, 5) is 8.44. The topological polar surface area (TPSA) is 92.5 Å². The normalized spacial score (nSPS) is 22.5.